The smallest absolute Gasteiger partial charge is 0.229 e. The van der Waals surface area contributed by atoms with Gasteiger partial charge in [-0.15, -0.1) is 0 Å². The van der Waals surface area contributed by atoms with Gasteiger partial charge in [0, 0.05) is 22.6 Å². The Hall–Kier alpha value is -1.64. The Morgan fingerprint density at radius 3 is 1.94 bits per heavy atom. The summed E-state index contributed by atoms with van der Waals surface area (Å²) < 4.78 is 0. The van der Waals surface area contributed by atoms with Crippen molar-refractivity contribution in [2.24, 2.45) is 11.3 Å². The number of Topliss-reactive ketones (excluding diaryl/α,β-unsaturated/α-hetero) is 1. The number of hydrogen-bond acceptors (Lipinski definition) is 2. The third-order valence-corrected chi connectivity index (χ3v) is 2.63. The zero-order valence-corrected chi connectivity index (χ0v) is 11.7. The number of ketones is 1. The SMILES string of the molecule is CC(C)C(=O)c1ccc(NC(=O)C(C)(C)C)cc1. The minimum atomic E-state index is -0.424. The van der Waals surface area contributed by atoms with E-state index < -0.39 is 5.41 Å². The number of carbonyl (C=O) groups excluding carboxylic acids is 2. The van der Waals surface area contributed by atoms with E-state index in [1.165, 1.54) is 0 Å². The lowest BCUT2D eigenvalue weighted by atomic mass is 9.95. The molecule has 0 saturated carbocycles. The number of anilines is 1. The van der Waals surface area contributed by atoms with Gasteiger partial charge in [0.05, 0.1) is 0 Å². The second kappa shape index (κ2) is 5.34. The van der Waals surface area contributed by atoms with E-state index in [4.69, 9.17) is 0 Å². The van der Waals surface area contributed by atoms with E-state index in [0.717, 1.165) is 5.69 Å². The van der Waals surface area contributed by atoms with E-state index in [1.54, 1.807) is 24.3 Å². The van der Waals surface area contributed by atoms with E-state index in [0.29, 0.717) is 5.56 Å². The summed E-state index contributed by atoms with van der Waals surface area (Å²) in [6, 6.07) is 7.03. The van der Waals surface area contributed by atoms with Gasteiger partial charge in [-0.3, -0.25) is 9.59 Å². The summed E-state index contributed by atoms with van der Waals surface area (Å²) in [6.45, 7) is 9.33. The number of rotatable bonds is 3. The molecule has 0 radical (unpaired) electrons. The lowest BCUT2D eigenvalue weighted by Crippen LogP contribution is -2.27. The molecule has 0 bridgehead atoms. The summed E-state index contributed by atoms with van der Waals surface area (Å²) in [7, 11) is 0. The fraction of sp³-hybridized carbons (Fsp3) is 0.467. The average Bonchev–Trinajstić information content (AvgIpc) is 2.27. The Morgan fingerprint density at radius 2 is 1.56 bits per heavy atom. The Balaban J connectivity index is 2.78. The molecule has 98 valence electrons. The van der Waals surface area contributed by atoms with Crippen LogP contribution < -0.4 is 5.32 Å². The molecule has 0 aromatic heterocycles. The minimum absolute atomic E-state index is 0.0139. The Labute approximate surface area is 109 Å². The standard InChI is InChI=1S/C15H21NO2/c1-10(2)13(17)11-6-8-12(9-7-11)16-14(18)15(3,4)5/h6-10H,1-5H3,(H,16,18). The van der Waals surface area contributed by atoms with Gasteiger partial charge in [0.1, 0.15) is 0 Å². The van der Waals surface area contributed by atoms with Crippen molar-refractivity contribution in [2.45, 2.75) is 34.6 Å². The highest BCUT2D eigenvalue weighted by Gasteiger charge is 2.21. The molecule has 1 N–H and O–H groups in total. The molecule has 0 heterocycles. The lowest BCUT2D eigenvalue weighted by molar-refractivity contribution is -0.123. The van der Waals surface area contributed by atoms with Crippen LogP contribution in [0.1, 0.15) is 45.0 Å². The molecule has 0 spiro atoms. The quantitative estimate of drug-likeness (QED) is 0.831. The van der Waals surface area contributed by atoms with Crippen molar-refractivity contribution in [3.63, 3.8) is 0 Å². The second-order valence-electron chi connectivity index (χ2n) is 5.80. The topological polar surface area (TPSA) is 46.2 Å². The summed E-state index contributed by atoms with van der Waals surface area (Å²) in [5, 5.41) is 2.83. The molecule has 1 aromatic rings. The monoisotopic (exact) mass is 247 g/mol. The van der Waals surface area contributed by atoms with Crippen LogP contribution in [0.4, 0.5) is 5.69 Å². The summed E-state index contributed by atoms with van der Waals surface area (Å²) >= 11 is 0. The predicted molar refractivity (Wildman–Crippen MR) is 73.7 cm³/mol. The maximum Gasteiger partial charge on any atom is 0.229 e. The maximum atomic E-state index is 11.8. The van der Waals surface area contributed by atoms with Crippen LogP contribution in [0, 0.1) is 11.3 Å². The van der Waals surface area contributed by atoms with Crippen molar-refractivity contribution in [3.05, 3.63) is 29.8 Å². The average molecular weight is 247 g/mol. The van der Waals surface area contributed by atoms with Crippen LogP contribution in [0.2, 0.25) is 0 Å². The van der Waals surface area contributed by atoms with Gasteiger partial charge in [-0.1, -0.05) is 34.6 Å². The van der Waals surface area contributed by atoms with Gasteiger partial charge in [-0.2, -0.15) is 0 Å². The van der Waals surface area contributed by atoms with Crippen LogP contribution in [-0.2, 0) is 4.79 Å². The molecule has 3 nitrogen and oxygen atoms in total. The molecule has 0 aliphatic rings. The first-order chi connectivity index (χ1) is 8.21. The first-order valence-electron chi connectivity index (χ1n) is 6.17. The van der Waals surface area contributed by atoms with Gasteiger partial charge < -0.3 is 5.32 Å². The summed E-state index contributed by atoms with van der Waals surface area (Å²) in [6.07, 6.45) is 0. The molecule has 18 heavy (non-hydrogen) atoms. The highest BCUT2D eigenvalue weighted by molar-refractivity contribution is 5.98. The minimum Gasteiger partial charge on any atom is -0.326 e. The van der Waals surface area contributed by atoms with Crippen molar-refractivity contribution >= 4 is 17.4 Å². The largest absolute Gasteiger partial charge is 0.326 e. The Bertz CT molecular complexity index is 439. The third kappa shape index (κ3) is 3.69. The predicted octanol–water partition coefficient (Wildman–Crippen LogP) is 3.51. The van der Waals surface area contributed by atoms with E-state index in [-0.39, 0.29) is 17.6 Å². The van der Waals surface area contributed by atoms with Crippen LogP contribution in [0.3, 0.4) is 0 Å². The Kier molecular flexibility index (Phi) is 4.28. The molecule has 1 aromatic carbocycles. The van der Waals surface area contributed by atoms with Gasteiger partial charge in [0.25, 0.3) is 0 Å². The fourth-order valence-electron chi connectivity index (χ4n) is 1.37. The third-order valence-electron chi connectivity index (χ3n) is 2.63. The van der Waals surface area contributed by atoms with Crippen LogP contribution >= 0.6 is 0 Å². The highest BCUT2D eigenvalue weighted by atomic mass is 16.2. The highest BCUT2D eigenvalue weighted by Crippen LogP contribution is 2.18. The normalized spacial score (nSPS) is 11.4. The molecule has 3 heteroatoms. The van der Waals surface area contributed by atoms with E-state index in [2.05, 4.69) is 5.32 Å². The number of benzene rings is 1. The van der Waals surface area contributed by atoms with Crippen LogP contribution in [-0.4, -0.2) is 11.7 Å². The second-order valence-corrected chi connectivity index (χ2v) is 5.80. The molecule has 0 saturated heterocycles. The Morgan fingerprint density at radius 1 is 1.06 bits per heavy atom. The molecule has 1 rings (SSSR count). The van der Waals surface area contributed by atoms with Crippen LogP contribution in [0.25, 0.3) is 0 Å². The maximum absolute atomic E-state index is 11.8. The number of amides is 1. The summed E-state index contributed by atoms with van der Waals surface area (Å²) in [5.41, 5.74) is 0.973. The van der Waals surface area contributed by atoms with Crippen molar-refractivity contribution in [1.82, 2.24) is 0 Å². The van der Waals surface area contributed by atoms with Gasteiger partial charge in [0.2, 0.25) is 5.91 Å². The van der Waals surface area contributed by atoms with E-state index >= 15 is 0 Å². The van der Waals surface area contributed by atoms with Crippen molar-refractivity contribution in [3.8, 4) is 0 Å². The van der Waals surface area contributed by atoms with Gasteiger partial charge in [-0.25, -0.2) is 0 Å². The van der Waals surface area contributed by atoms with E-state index in [1.807, 2.05) is 34.6 Å². The molecule has 0 atom stereocenters. The molecule has 0 aliphatic carbocycles. The summed E-state index contributed by atoms with van der Waals surface area (Å²) in [5.74, 6) is 0.0640. The van der Waals surface area contributed by atoms with Crippen molar-refractivity contribution < 1.29 is 9.59 Å². The van der Waals surface area contributed by atoms with Gasteiger partial charge in [0.15, 0.2) is 5.78 Å². The van der Waals surface area contributed by atoms with Gasteiger partial charge in [-0.05, 0) is 24.3 Å². The number of nitrogens with one attached hydrogen (secondary N) is 1. The molecule has 1 amide bonds. The lowest BCUT2D eigenvalue weighted by Gasteiger charge is -2.17. The molecular weight excluding hydrogens is 226 g/mol. The zero-order chi connectivity index (χ0) is 13.9. The van der Waals surface area contributed by atoms with Crippen molar-refractivity contribution in [2.75, 3.05) is 5.32 Å². The molecular formula is C15H21NO2. The molecule has 0 aliphatic heterocycles. The summed E-state index contributed by atoms with van der Waals surface area (Å²) in [4.78, 5) is 23.5. The van der Waals surface area contributed by atoms with E-state index in [9.17, 15) is 9.59 Å². The number of carbonyl (C=O) groups is 2. The first kappa shape index (κ1) is 14.4. The van der Waals surface area contributed by atoms with Crippen LogP contribution in [0.15, 0.2) is 24.3 Å². The zero-order valence-electron chi connectivity index (χ0n) is 11.7. The number of hydrogen-bond donors (Lipinski definition) is 1. The molecule has 0 fully saturated rings. The van der Waals surface area contributed by atoms with Gasteiger partial charge >= 0.3 is 0 Å². The fourth-order valence-corrected chi connectivity index (χ4v) is 1.37. The first-order valence-corrected chi connectivity index (χ1v) is 6.17. The van der Waals surface area contributed by atoms with Crippen LogP contribution in [0.5, 0.6) is 0 Å². The molecule has 0 unspecified atom stereocenters. The van der Waals surface area contributed by atoms with Crippen molar-refractivity contribution in [1.29, 1.82) is 0 Å².